The fourth-order valence-corrected chi connectivity index (χ4v) is 1.57. The van der Waals surface area contributed by atoms with Crippen LogP contribution in [0.3, 0.4) is 0 Å². The van der Waals surface area contributed by atoms with Crippen molar-refractivity contribution in [3.8, 4) is 0 Å². The summed E-state index contributed by atoms with van der Waals surface area (Å²) in [5, 5.41) is 11.6. The van der Waals surface area contributed by atoms with Gasteiger partial charge in [0.2, 0.25) is 5.91 Å². The molecule has 0 aromatic heterocycles. The fraction of sp³-hybridized carbons (Fsp3) is 0.818. The largest absolute Gasteiger partial charge is 0.409 e. The molecular weight excluding hydrogens is 222 g/mol. The first-order valence-electron chi connectivity index (χ1n) is 5.72. The molecule has 2 atom stereocenters. The Labute approximate surface area is 102 Å². The summed E-state index contributed by atoms with van der Waals surface area (Å²) in [4.78, 5) is 13.7. The maximum Gasteiger partial charge on any atom is 0.233 e. The minimum atomic E-state index is -0.561. The number of nitrogens with zero attached hydrogens (tertiary/aromatic N) is 2. The summed E-state index contributed by atoms with van der Waals surface area (Å²) in [7, 11) is 3.28. The third kappa shape index (κ3) is 4.60. The number of amidine groups is 1. The van der Waals surface area contributed by atoms with Crippen molar-refractivity contribution in [2.24, 2.45) is 16.8 Å². The first-order chi connectivity index (χ1) is 7.99. The molecule has 2 unspecified atom stereocenters. The van der Waals surface area contributed by atoms with Gasteiger partial charge in [-0.05, 0) is 13.3 Å². The van der Waals surface area contributed by atoms with Crippen molar-refractivity contribution >= 4 is 11.7 Å². The molecule has 0 spiro atoms. The van der Waals surface area contributed by atoms with Gasteiger partial charge >= 0.3 is 0 Å². The van der Waals surface area contributed by atoms with Crippen molar-refractivity contribution in [1.82, 2.24) is 4.90 Å². The van der Waals surface area contributed by atoms with Gasteiger partial charge in [0.05, 0.1) is 18.6 Å². The van der Waals surface area contributed by atoms with Crippen LogP contribution >= 0.6 is 0 Å². The van der Waals surface area contributed by atoms with Crippen molar-refractivity contribution in [2.45, 2.75) is 32.7 Å². The molecule has 0 aromatic carbocycles. The van der Waals surface area contributed by atoms with Gasteiger partial charge in [-0.15, -0.1) is 0 Å². The van der Waals surface area contributed by atoms with Crippen LogP contribution in [0.2, 0.25) is 0 Å². The average molecular weight is 245 g/mol. The molecule has 0 radical (unpaired) electrons. The van der Waals surface area contributed by atoms with E-state index in [4.69, 9.17) is 15.7 Å². The molecule has 6 heteroatoms. The summed E-state index contributed by atoms with van der Waals surface area (Å²) in [6.07, 6.45) is 1.36. The van der Waals surface area contributed by atoms with E-state index in [1.165, 1.54) is 0 Å². The summed E-state index contributed by atoms with van der Waals surface area (Å²) in [6.45, 7) is 4.29. The molecule has 100 valence electrons. The summed E-state index contributed by atoms with van der Waals surface area (Å²) < 4.78 is 5.00. The lowest BCUT2D eigenvalue weighted by molar-refractivity contribution is -0.135. The van der Waals surface area contributed by atoms with Gasteiger partial charge in [-0.1, -0.05) is 18.5 Å². The van der Waals surface area contributed by atoms with Crippen LogP contribution in [0.25, 0.3) is 0 Å². The Bertz CT molecular complexity index is 269. The monoisotopic (exact) mass is 245 g/mol. The van der Waals surface area contributed by atoms with Gasteiger partial charge in [0.25, 0.3) is 0 Å². The van der Waals surface area contributed by atoms with Crippen molar-refractivity contribution in [1.29, 1.82) is 0 Å². The summed E-state index contributed by atoms with van der Waals surface area (Å²) in [5.74, 6) is -0.741. The molecule has 0 aliphatic rings. The normalized spacial score (nSPS) is 15.4. The van der Waals surface area contributed by atoms with Crippen LogP contribution < -0.4 is 5.73 Å². The van der Waals surface area contributed by atoms with E-state index in [0.29, 0.717) is 13.0 Å². The quantitative estimate of drug-likeness (QED) is 0.298. The van der Waals surface area contributed by atoms with Crippen molar-refractivity contribution in [2.75, 3.05) is 20.8 Å². The van der Waals surface area contributed by atoms with Gasteiger partial charge in [0.15, 0.2) is 5.84 Å². The van der Waals surface area contributed by atoms with Crippen LogP contribution in [-0.4, -0.2) is 48.7 Å². The molecule has 0 heterocycles. The molecule has 0 aliphatic carbocycles. The molecule has 0 fully saturated rings. The lowest BCUT2D eigenvalue weighted by atomic mass is 10.0. The molecule has 0 bridgehead atoms. The third-order valence-corrected chi connectivity index (χ3v) is 2.76. The number of rotatable bonds is 7. The molecule has 0 rings (SSSR count). The van der Waals surface area contributed by atoms with Crippen LogP contribution in [0.5, 0.6) is 0 Å². The van der Waals surface area contributed by atoms with E-state index in [1.807, 2.05) is 13.8 Å². The topological polar surface area (TPSA) is 88.2 Å². The number of likely N-dealkylation sites (N-methyl/N-ethyl adjacent to an activating group) is 1. The average Bonchev–Trinajstić information content (AvgIpc) is 2.33. The van der Waals surface area contributed by atoms with Gasteiger partial charge < -0.3 is 20.6 Å². The van der Waals surface area contributed by atoms with Gasteiger partial charge in [-0.2, -0.15) is 0 Å². The van der Waals surface area contributed by atoms with Crippen LogP contribution in [0.15, 0.2) is 5.16 Å². The van der Waals surface area contributed by atoms with E-state index in [1.54, 1.807) is 19.1 Å². The van der Waals surface area contributed by atoms with E-state index in [-0.39, 0.29) is 17.8 Å². The molecule has 3 N–H and O–H groups in total. The molecule has 17 heavy (non-hydrogen) atoms. The van der Waals surface area contributed by atoms with E-state index < -0.39 is 5.92 Å². The minimum Gasteiger partial charge on any atom is -0.409 e. The van der Waals surface area contributed by atoms with E-state index >= 15 is 0 Å². The van der Waals surface area contributed by atoms with Gasteiger partial charge in [0.1, 0.15) is 0 Å². The number of carbonyl (C=O) groups is 1. The third-order valence-electron chi connectivity index (χ3n) is 2.76. The Kier molecular flexibility index (Phi) is 7.29. The predicted molar refractivity (Wildman–Crippen MR) is 65.9 cm³/mol. The fourth-order valence-electron chi connectivity index (χ4n) is 1.57. The van der Waals surface area contributed by atoms with Crippen LogP contribution in [-0.2, 0) is 9.53 Å². The van der Waals surface area contributed by atoms with Crippen LogP contribution in [0.1, 0.15) is 26.7 Å². The Hall–Kier alpha value is -1.30. The lowest BCUT2D eigenvalue weighted by Crippen LogP contribution is -2.45. The molecule has 0 saturated carbocycles. The second-order valence-corrected chi connectivity index (χ2v) is 4.12. The van der Waals surface area contributed by atoms with Gasteiger partial charge in [-0.25, -0.2) is 0 Å². The molecule has 0 saturated heterocycles. The number of hydrogen-bond acceptors (Lipinski definition) is 4. The van der Waals surface area contributed by atoms with Crippen molar-refractivity contribution < 1.29 is 14.7 Å². The first-order valence-corrected chi connectivity index (χ1v) is 5.72. The maximum atomic E-state index is 12.1. The van der Waals surface area contributed by atoms with Gasteiger partial charge in [-0.3, -0.25) is 4.79 Å². The summed E-state index contributed by atoms with van der Waals surface area (Å²) in [5.41, 5.74) is 5.54. The smallest absolute Gasteiger partial charge is 0.233 e. The lowest BCUT2D eigenvalue weighted by Gasteiger charge is -2.28. The molecule has 1 amide bonds. The standard InChI is InChI=1S/C11H23N3O3/c1-5-6-9(10(12)13-16)11(15)14(3)8(2)7-17-4/h8-9,16H,5-7H2,1-4H3,(H2,12,13). The number of amides is 1. The number of oxime groups is 1. The highest BCUT2D eigenvalue weighted by molar-refractivity contribution is 6.02. The highest BCUT2D eigenvalue weighted by Crippen LogP contribution is 2.12. The summed E-state index contributed by atoms with van der Waals surface area (Å²) >= 11 is 0. The zero-order valence-electron chi connectivity index (χ0n) is 11.0. The molecular formula is C11H23N3O3. The second-order valence-electron chi connectivity index (χ2n) is 4.12. The highest BCUT2D eigenvalue weighted by Gasteiger charge is 2.27. The highest BCUT2D eigenvalue weighted by atomic mass is 16.5. The number of ether oxygens (including phenoxy) is 1. The SMILES string of the molecule is CCCC(C(=O)N(C)C(C)COC)C(N)=NO. The number of carbonyl (C=O) groups excluding carboxylic acids is 1. The Morgan fingerprint density at radius 3 is 2.59 bits per heavy atom. The Balaban J connectivity index is 4.71. The Morgan fingerprint density at radius 1 is 1.59 bits per heavy atom. The van der Waals surface area contributed by atoms with Gasteiger partial charge in [0, 0.05) is 14.2 Å². The zero-order valence-corrected chi connectivity index (χ0v) is 11.0. The number of hydrogen-bond donors (Lipinski definition) is 2. The Morgan fingerprint density at radius 2 is 2.18 bits per heavy atom. The zero-order chi connectivity index (χ0) is 13.4. The van der Waals surface area contributed by atoms with Crippen molar-refractivity contribution in [3.05, 3.63) is 0 Å². The van der Waals surface area contributed by atoms with E-state index in [9.17, 15) is 4.79 Å². The maximum absolute atomic E-state index is 12.1. The summed E-state index contributed by atoms with van der Waals surface area (Å²) in [6, 6.07) is -0.0432. The molecule has 0 aliphatic heterocycles. The number of methoxy groups -OCH3 is 1. The first kappa shape index (κ1) is 15.7. The minimum absolute atomic E-state index is 0.0340. The molecule has 0 aromatic rings. The van der Waals surface area contributed by atoms with Crippen LogP contribution in [0, 0.1) is 5.92 Å². The van der Waals surface area contributed by atoms with E-state index in [2.05, 4.69) is 5.16 Å². The predicted octanol–water partition coefficient (Wildman–Crippen LogP) is 0.642. The van der Waals surface area contributed by atoms with Crippen LogP contribution in [0.4, 0.5) is 0 Å². The number of nitrogens with two attached hydrogens (primary N) is 1. The second kappa shape index (κ2) is 7.89. The van der Waals surface area contributed by atoms with Crippen molar-refractivity contribution in [3.63, 3.8) is 0 Å². The van der Waals surface area contributed by atoms with E-state index in [0.717, 1.165) is 6.42 Å². The molecule has 6 nitrogen and oxygen atoms in total.